The minimum absolute atomic E-state index is 0.231. The molecule has 114 valence electrons. The van der Waals surface area contributed by atoms with E-state index in [4.69, 9.17) is 5.73 Å². The van der Waals surface area contributed by atoms with E-state index in [1.54, 1.807) is 0 Å². The Balaban J connectivity index is 1.48. The number of nitrogens with one attached hydrogen (secondary N) is 1. The molecule has 1 aromatic rings. The Morgan fingerprint density at radius 2 is 2.05 bits per heavy atom. The highest BCUT2D eigenvalue weighted by atomic mass is 16.2. The van der Waals surface area contributed by atoms with Gasteiger partial charge in [-0.15, -0.1) is 0 Å². The Kier molecular flexibility index (Phi) is 4.44. The van der Waals surface area contributed by atoms with E-state index in [-0.39, 0.29) is 11.9 Å². The average molecular weight is 287 g/mol. The zero-order chi connectivity index (χ0) is 14.7. The molecule has 4 nitrogen and oxygen atoms in total. The predicted octanol–water partition coefficient (Wildman–Crippen LogP) is 2.22. The van der Waals surface area contributed by atoms with Gasteiger partial charge in [0, 0.05) is 37.3 Å². The van der Waals surface area contributed by atoms with E-state index in [1.807, 2.05) is 23.1 Å². The van der Waals surface area contributed by atoms with Gasteiger partial charge in [-0.05, 0) is 37.3 Å². The lowest BCUT2D eigenvalue weighted by Gasteiger charge is -2.21. The summed E-state index contributed by atoms with van der Waals surface area (Å²) in [6.07, 6.45) is 5.04. The van der Waals surface area contributed by atoms with Gasteiger partial charge in [0.15, 0.2) is 0 Å². The fraction of sp³-hybridized carbons (Fsp3) is 0.588. The summed E-state index contributed by atoms with van der Waals surface area (Å²) in [6.45, 7) is 1.68. The summed E-state index contributed by atoms with van der Waals surface area (Å²) >= 11 is 0. The molecule has 1 unspecified atom stereocenters. The van der Waals surface area contributed by atoms with E-state index in [9.17, 15) is 4.79 Å². The molecule has 0 bridgehead atoms. The van der Waals surface area contributed by atoms with Gasteiger partial charge < -0.3 is 16.0 Å². The molecule has 1 aromatic carbocycles. The molecule has 1 amide bonds. The first-order chi connectivity index (χ1) is 10.2. The first kappa shape index (κ1) is 14.4. The molecule has 0 spiro atoms. The second-order valence-corrected chi connectivity index (χ2v) is 6.39. The number of carbonyl (C=O) groups excluding carboxylic acids is 1. The highest BCUT2D eigenvalue weighted by Crippen LogP contribution is 2.28. The van der Waals surface area contributed by atoms with Gasteiger partial charge in [-0.3, -0.25) is 4.79 Å². The standard InChI is InChI=1S/C17H25N3O/c18-16-8-4-5-13(16)11-17(21)20-10-9-15(12-20)19-14-6-2-1-3-7-14/h1-3,6-7,13,15-16,19H,4-5,8-12,18H2/t13-,15?,16+/m0/s1. The van der Waals surface area contributed by atoms with Crippen LogP contribution in [0.15, 0.2) is 30.3 Å². The smallest absolute Gasteiger partial charge is 0.222 e. The minimum atomic E-state index is 0.231. The van der Waals surface area contributed by atoms with Crippen LogP contribution in [0.1, 0.15) is 32.1 Å². The molecular weight excluding hydrogens is 262 g/mol. The zero-order valence-electron chi connectivity index (χ0n) is 12.5. The maximum Gasteiger partial charge on any atom is 0.222 e. The number of amides is 1. The maximum absolute atomic E-state index is 12.4. The van der Waals surface area contributed by atoms with Crippen molar-refractivity contribution in [2.75, 3.05) is 18.4 Å². The third kappa shape index (κ3) is 3.56. The Morgan fingerprint density at radius 1 is 1.24 bits per heavy atom. The number of anilines is 1. The van der Waals surface area contributed by atoms with Crippen molar-refractivity contribution < 1.29 is 4.79 Å². The van der Waals surface area contributed by atoms with Crippen LogP contribution in [0.25, 0.3) is 0 Å². The molecule has 2 aliphatic rings. The normalized spacial score (nSPS) is 28.8. The number of likely N-dealkylation sites (tertiary alicyclic amines) is 1. The summed E-state index contributed by atoms with van der Waals surface area (Å²) in [5.74, 6) is 0.688. The lowest BCUT2D eigenvalue weighted by molar-refractivity contribution is -0.131. The average Bonchev–Trinajstić information content (AvgIpc) is 3.10. The van der Waals surface area contributed by atoms with E-state index in [1.165, 1.54) is 6.42 Å². The van der Waals surface area contributed by atoms with Gasteiger partial charge in [-0.25, -0.2) is 0 Å². The molecule has 21 heavy (non-hydrogen) atoms. The first-order valence-corrected chi connectivity index (χ1v) is 8.07. The molecule has 0 aromatic heterocycles. The lowest BCUT2D eigenvalue weighted by atomic mass is 9.99. The van der Waals surface area contributed by atoms with Gasteiger partial charge in [0.2, 0.25) is 5.91 Å². The van der Waals surface area contributed by atoms with Crippen LogP contribution in [-0.4, -0.2) is 36.0 Å². The molecule has 1 saturated carbocycles. The number of rotatable bonds is 4. The molecule has 2 fully saturated rings. The topological polar surface area (TPSA) is 58.4 Å². The van der Waals surface area contributed by atoms with Crippen LogP contribution < -0.4 is 11.1 Å². The van der Waals surface area contributed by atoms with Crippen LogP contribution in [0.2, 0.25) is 0 Å². The highest BCUT2D eigenvalue weighted by Gasteiger charge is 2.31. The van der Waals surface area contributed by atoms with E-state index < -0.39 is 0 Å². The van der Waals surface area contributed by atoms with Gasteiger partial charge >= 0.3 is 0 Å². The van der Waals surface area contributed by atoms with Crippen LogP contribution in [0.4, 0.5) is 5.69 Å². The summed E-state index contributed by atoms with van der Waals surface area (Å²) in [5.41, 5.74) is 7.21. The maximum atomic E-state index is 12.4. The van der Waals surface area contributed by atoms with Crippen molar-refractivity contribution in [2.24, 2.45) is 11.7 Å². The van der Waals surface area contributed by atoms with Crippen LogP contribution in [0.5, 0.6) is 0 Å². The summed E-state index contributed by atoms with van der Waals surface area (Å²) in [4.78, 5) is 14.4. The summed E-state index contributed by atoms with van der Waals surface area (Å²) in [7, 11) is 0. The fourth-order valence-corrected chi connectivity index (χ4v) is 3.55. The second kappa shape index (κ2) is 6.48. The Hall–Kier alpha value is -1.55. The number of carbonyl (C=O) groups is 1. The van der Waals surface area contributed by atoms with Crippen LogP contribution in [0.3, 0.4) is 0 Å². The molecule has 0 radical (unpaired) electrons. The van der Waals surface area contributed by atoms with Crippen LogP contribution in [-0.2, 0) is 4.79 Å². The summed E-state index contributed by atoms with van der Waals surface area (Å²) < 4.78 is 0. The third-order valence-corrected chi connectivity index (χ3v) is 4.84. The Morgan fingerprint density at radius 3 is 2.76 bits per heavy atom. The van der Waals surface area contributed by atoms with Gasteiger partial charge in [0.05, 0.1) is 0 Å². The number of benzene rings is 1. The predicted molar refractivity (Wildman–Crippen MR) is 85.0 cm³/mol. The Labute approximate surface area is 126 Å². The van der Waals surface area contributed by atoms with Gasteiger partial charge in [-0.2, -0.15) is 0 Å². The third-order valence-electron chi connectivity index (χ3n) is 4.84. The van der Waals surface area contributed by atoms with E-state index in [2.05, 4.69) is 17.4 Å². The number of nitrogens with two attached hydrogens (primary N) is 1. The van der Waals surface area contributed by atoms with Gasteiger partial charge in [0.1, 0.15) is 0 Å². The van der Waals surface area contributed by atoms with E-state index in [0.29, 0.717) is 18.4 Å². The minimum Gasteiger partial charge on any atom is -0.380 e. The summed E-state index contributed by atoms with van der Waals surface area (Å²) in [5, 5.41) is 3.51. The molecule has 3 atom stereocenters. The van der Waals surface area contributed by atoms with E-state index >= 15 is 0 Å². The van der Waals surface area contributed by atoms with Gasteiger partial charge in [0.25, 0.3) is 0 Å². The molecule has 1 aliphatic carbocycles. The monoisotopic (exact) mass is 287 g/mol. The largest absolute Gasteiger partial charge is 0.380 e. The number of hydrogen-bond donors (Lipinski definition) is 2. The van der Waals surface area contributed by atoms with Crippen molar-refractivity contribution in [1.82, 2.24) is 4.90 Å². The van der Waals surface area contributed by atoms with Gasteiger partial charge in [-0.1, -0.05) is 24.6 Å². The van der Waals surface area contributed by atoms with Crippen molar-refractivity contribution >= 4 is 11.6 Å². The Bertz CT molecular complexity index is 476. The van der Waals surface area contributed by atoms with Crippen LogP contribution in [0, 0.1) is 5.92 Å². The van der Waals surface area contributed by atoms with Crippen LogP contribution >= 0.6 is 0 Å². The number of para-hydroxylation sites is 1. The zero-order valence-corrected chi connectivity index (χ0v) is 12.5. The quantitative estimate of drug-likeness (QED) is 0.892. The van der Waals surface area contributed by atoms with E-state index in [0.717, 1.165) is 38.0 Å². The van der Waals surface area contributed by atoms with Crippen molar-refractivity contribution in [1.29, 1.82) is 0 Å². The highest BCUT2D eigenvalue weighted by molar-refractivity contribution is 5.77. The molecule has 1 heterocycles. The van der Waals surface area contributed by atoms with Crippen molar-refractivity contribution in [2.45, 2.75) is 44.2 Å². The molecule has 1 aliphatic heterocycles. The lowest BCUT2D eigenvalue weighted by Crippen LogP contribution is -2.35. The summed E-state index contributed by atoms with van der Waals surface area (Å²) in [6, 6.07) is 10.8. The molecule has 1 saturated heterocycles. The second-order valence-electron chi connectivity index (χ2n) is 6.39. The SMILES string of the molecule is N[C@@H]1CCC[C@H]1CC(=O)N1CCC(Nc2ccccc2)C1. The van der Waals surface area contributed by atoms with Crippen molar-refractivity contribution in [3.63, 3.8) is 0 Å². The number of nitrogens with zero attached hydrogens (tertiary/aromatic N) is 1. The molecule has 4 heteroatoms. The fourth-order valence-electron chi connectivity index (χ4n) is 3.55. The first-order valence-electron chi connectivity index (χ1n) is 8.07. The molecular formula is C17H25N3O. The number of hydrogen-bond acceptors (Lipinski definition) is 3. The van der Waals surface area contributed by atoms with Crippen molar-refractivity contribution in [3.8, 4) is 0 Å². The molecule has 3 N–H and O–H groups in total. The molecule has 3 rings (SSSR count). The van der Waals surface area contributed by atoms with Crippen molar-refractivity contribution in [3.05, 3.63) is 30.3 Å².